The topological polar surface area (TPSA) is 212 Å². The lowest BCUT2D eigenvalue weighted by Crippen LogP contribution is -2.47. The number of aliphatic hydroxyl groups excluding tert-OH is 2. The summed E-state index contributed by atoms with van der Waals surface area (Å²) in [5.41, 5.74) is 7.87. The Kier molecular flexibility index (Phi) is 9.47. The SMILES string of the molecule is COC(=O)N1CCC(N2CC3C(CNC(=O)c4cc(Cl)c(N)c5c4OCC5)C3C2)CC1.O=C(O)[C@H](O)[C@@H](O)C(=O)O. The first-order valence-corrected chi connectivity index (χ1v) is 13.7. The van der Waals surface area contributed by atoms with E-state index < -0.39 is 24.1 Å². The molecule has 4 atom stereocenters. The van der Waals surface area contributed by atoms with Crippen LogP contribution in [0.2, 0.25) is 5.02 Å². The van der Waals surface area contributed by atoms with Crippen molar-refractivity contribution in [2.24, 2.45) is 17.8 Å². The number of anilines is 1. The highest BCUT2D eigenvalue weighted by Crippen LogP contribution is 2.52. The summed E-state index contributed by atoms with van der Waals surface area (Å²) in [4.78, 5) is 48.4. The van der Waals surface area contributed by atoms with Gasteiger partial charge in [-0.3, -0.25) is 9.69 Å². The minimum Gasteiger partial charge on any atom is -0.492 e. The van der Waals surface area contributed by atoms with Gasteiger partial charge in [-0.1, -0.05) is 11.6 Å². The molecule has 0 radical (unpaired) electrons. The number of aliphatic carboxylic acids is 2. The molecule has 2 saturated heterocycles. The molecule has 0 aromatic heterocycles. The van der Waals surface area contributed by atoms with Crippen molar-refractivity contribution in [2.75, 3.05) is 52.2 Å². The fourth-order valence-electron chi connectivity index (χ4n) is 5.94. The van der Waals surface area contributed by atoms with Crippen LogP contribution in [-0.2, 0) is 20.7 Å². The monoisotopic (exact) mass is 598 g/mol. The number of aliphatic hydroxyl groups is 2. The van der Waals surface area contributed by atoms with Crippen molar-refractivity contribution < 1.29 is 49.1 Å². The van der Waals surface area contributed by atoms with Crippen LogP contribution in [0.25, 0.3) is 0 Å². The molecule has 41 heavy (non-hydrogen) atoms. The molecule has 3 fully saturated rings. The number of carbonyl (C=O) groups is 4. The van der Waals surface area contributed by atoms with E-state index in [1.54, 1.807) is 11.0 Å². The maximum Gasteiger partial charge on any atom is 0.409 e. The summed E-state index contributed by atoms with van der Waals surface area (Å²) < 4.78 is 10.5. The van der Waals surface area contributed by atoms with Gasteiger partial charge in [0.15, 0.2) is 12.2 Å². The normalized spacial score (nSPS) is 24.6. The second kappa shape index (κ2) is 12.7. The van der Waals surface area contributed by atoms with E-state index in [0.717, 1.165) is 44.6 Å². The number of likely N-dealkylation sites (tertiary alicyclic amines) is 2. The minimum absolute atomic E-state index is 0.142. The molecule has 4 aliphatic rings. The van der Waals surface area contributed by atoms with Crippen LogP contribution in [0.3, 0.4) is 0 Å². The van der Waals surface area contributed by atoms with Crippen LogP contribution in [0, 0.1) is 17.8 Å². The second-order valence-corrected chi connectivity index (χ2v) is 11.0. The highest BCUT2D eigenvalue weighted by Gasteiger charge is 2.56. The van der Waals surface area contributed by atoms with Crippen LogP contribution in [0.15, 0.2) is 6.07 Å². The molecule has 1 saturated carbocycles. The molecule has 7 N–H and O–H groups in total. The van der Waals surface area contributed by atoms with Gasteiger partial charge in [0, 0.05) is 50.7 Å². The number of nitrogen functional groups attached to an aromatic ring is 1. The molecule has 0 bridgehead atoms. The van der Waals surface area contributed by atoms with Gasteiger partial charge in [-0.05, 0) is 36.7 Å². The number of nitrogens with one attached hydrogen (secondary N) is 1. The summed E-state index contributed by atoms with van der Waals surface area (Å²) in [5, 5.41) is 36.0. The molecular formula is C26H35ClN4O10. The molecule has 0 spiro atoms. The largest absolute Gasteiger partial charge is 0.492 e. The molecule has 1 aromatic rings. The first kappa shape index (κ1) is 30.6. The van der Waals surface area contributed by atoms with Gasteiger partial charge in [-0.15, -0.1) is 0 Å². The van der Waals surface area contributed by atoms with E-state index in [9.17, 15) is 19.2 Å². The lowest BCUT2D eigenvalue weighted by Gasteiger charge is -2.37. The fourth-order valence-corrected chi connectivity index (χ4v) is 6.16. The number of amides is 2. The van der Waals surface area contributed by atoms with E-state index in [4.69, 9.17) is 47.2 Å². The number of fused-ring (bicyclic) bond motifs is 2. The minimum atomic E-state index is -2.27. The molecule has 1 aliphatic carbocycles. The van der Waals surface area contributed by atoms with Gasteiger partial charge in [-0.2, -0.15) is 0 Å². The van der Waals surface area contributed by atoms with Gasteiger partial charge in [0.05, 0.1) is 30.0 Å². The van der Waals surface area contributed by atoms with E-state index in [1.165, 1.54) is 7.11 Å². The summed E-state index contributed by atoms with van der Waals surface area (Å²) in [7, 11) is 1.43. The quantitative estimate of drug-likeness (QED) is 0.227. The summed E-state index contributed by atoms with van der Waals surface area (Å²) >= 11 is 6.22. The molecule has 14 nitrogen and oxygen atoms in total. The zero-order chi connectivity index (χ0) is 30.0. The molecule has 3 heterocycles. The molecule has 226 valence electrons. The van der Waals surface area contributed by atoms with Crippen LogP contribution < -0.4 is 15.8 Å². The number of ether oxygens (including phenoxy) is 2. The van der Waals surface area contributed by atoms with Gasteiger partial charge in [0.2, 0.25) is 0 Å². The maximum atomic E-state index is 12.8. The highest BCUT2D eigenvalue weighted by molar-refractivity contribution is 6.33. The first-order valence-electron chi connectivity index (χ1n) is 13.3. The third kappa shape index (κ3) is 6.61. The molecule has 1 aromatic carbocycles. The fraction of sp³-hybridized carbons (Fsp3) is 0.615. The summed E-state index contributed by atoms with van der Waals surface area (Å²) in [5.74, 6) is -1.26. The number of benzene rings is 1. The van der Waals surface area contributed by atoms with Crippen LogP contribution in [0.5, 0.6) is 5.75 Å². The number of rotatable bonds is 7. The Morgan fingerprint density at radius 2 is 1.71 bits per heavy atom. The van der Waals surface area contributed by atoms with Crippen molar-refractivity contribution in [1.82, 2.24) is 15.1 Å². The van der Waals surface area contributed by atoms with E-state index in [0.29, 0.717) is 65.4 Å². The summed E-state index contributed by atoms with van der Waals surface area (Å²) in [6.07, 6.45) is -2.08. The number of methoxy groups -OCH3 is 1. The Hall–Kier alpha value is -3.33. The van der Waals surface area contributed by atoms with Gasteiger partial charge in [0.25, 0.3) is 5.91 Å². The van der Waals surface area contributed by atoms with E-state index >= 15 is 0 Å². The van der Waals surface area contributed by atoms with Crippen molar-refractivity contribution in [3.8, 4) is 5.75 Å². The number of hydrogen-bond donors (Lipinski definition) is 6. The molecule has 5 rings (SSSR count). The number of carboxylic acids is 2. The number of piperidine rings is 2. The van der Waals surface area contributed by atoms with Crippen LogP contribution in [0.4, 0.5) is 10.5 Å². The summed E-state index contributed by atoms with van der Waals surface area (Å²) in [6, 6.07) is 2.16. The number of carbonyl (C=O) groups excluding carboxylic acids is 2. The van der Waals surface area contributed by atoms with Crippen LogP contribution in [-0.4, -0.2) is 119 Å². The summed E-state index contributed by atoms with van der Waals surface area (Å²) in [6.45, 7) is 4.90. The molecule has 3 aliphatic heterocycles. The first-order chi connectivity index (χ1) is 19.4. The van der Waals surface area contributed by atoms with E-state index in [-0.39, 0.29) is 12.0 Å². The number of halogens is 1. The molecule has 15 heteroatoms. The Labute approximate surface area is 240 Å². The van der Waals surface area contributed by atoms with E-state index in [2.05, 4.69) is 10.2 Å². The third-order valence-corrected chi connectivity index (χ3v) is 8.64. The van der Waals surface area contributed by atoms with Crippen LogP contribution >= 0.6 is 11.6 Å². The molecule has 2 amide bonds. The number of nitrogens with zero attached hydrogens (tertiary/aromatic N) is 2. The predicted octanol–water partition coefficient (Wildman–Crippen LogP) is -0.127. The second-order valence-electron chi connectivity index (χ2n) is 10.6. The average molecular weight is 599 g/mol. The van der Waals surface area contributed by atoms with Crippen molar-refractivity contribution in [2.45, 2.75) is 37.5 Å². The number of carboxylic acid groups (broad SMARTS) is 2. The maximum absolute atomic E-state index is 12.8. The molecule has 2 unspecified atom stereocenters. The third-order valence-electron chi connectivity index (χ3n) is 8.33. The Bertz CT molecular complexity index is 1160. The zero-order valence-electron chi connectivity index (χ0n) is 22.5. The number of hydrogen-bond acceptors (Lipinski definition) is 10. The van der Waals surface area contributed by atoms with Crippen molar-refractivity contribution in [3.63, 3.8) is 0 Å². The highest BCUT2D eigenvalue weighted by atomic mass is 35.5. The van der Waals surface area contributed by atoms with Gasteiger partial charge < -0.3 is 45.9 Å². The molecular weight excluding hydrogens is 564 g/mol. The standard InChI is InChI=1S/C22H29ClN4O4.C4H6O6/c1-30-22(29)26-5-2-12(3-6-26)27-10-16-15(17(16)11-27)9-25-21(28)14-8-18(23)19(24)13-4-7-31-20(13)14;5-1(3(7)8)2(6)4(9)10/h8,12,15-17H,2-7,9-11,24H2,1H3,(H,25,28);1-2,5-6H,(H,7,8)(H,9,10)/t;1-,2-/m.1/s1. The van der Waals surface area contributed by atoms with Gasteiger partial charge in [-0.25, -0.2) is 14.4 Å². The Morgan fingerprint density at radius 3 is 2.24 bits per heavy atom. The predicted molar refractivity (Wildman–Crippen MR) is 144 cm³/mol. The number of nitrogens with two attached hydrogens (primary N) is 1. The smallest absolute Gasteiger partial charge is 0.409 e. The van der Waals surface area contributed by atoms with Crippen molar-refractivity contribution >= 4 is 41.2 Å². The van der Waals surface area contributed by atoms with Crippen molar-refractivity contribution in [1.29, 1.82) is 0 Å². The zero-order valence-corrected chi connectivity index (χ0v) is 23.2. The van der Waals surface area contributed by atoms with Gasteiger partial charge in [0.1, 0.15) is 5.75 Å². The van der Waals surface area contributed by atoms with Gasteiger partial charge >= 0.3 is 18.0 Å². The van der Waals surface area contributed by atoms with Crippen molar-refractivity contribution in [3.05, 3.63) is 22.2 Å². The Morgan fingerprint density at radius 1 is 1.12 bits per heavy atom. The lowest BCUT2D eigenvalue weighted by molar-refractivity contribution is -0.165. The lowest BCUT2D eigenvalue weighted by atomic mass is 10.0. The van der Waals surface area contributed by atoms with Crippen LogP contribution in [0.1, 0.15) is 28.8 Å². The average Bonchev–Trinajstić information content (AvgIpc) is 3.31. The van der Waals surface area contributed by atoms with E-state index in [1.807, 2.05) is 0 Å². The Balaban J connectivity index is 0.000000334.